The molecule has 0 saturated carbocycles. The topological polar surface area (TPSA) is 41.9 Å². The Kier molecular flexibility index (Phi) is 6.89. The second-order valence-electron chi connectivity index (χ2n) is 7.28. The molecule has 1 fully saturated rings. The fraction of sp³-hybridized carbons (Fsp3) is 0.478. The van der Waals surface area contributed by atoms with Crippen LogP contribution >= 0.6 is 0 Å². The third-order valence-corrected chi connectivity index (χ3v) is 5.54. The van der Waals surface area contributed by atoms with Crippen LogP contribution in [0.25, 0.3) is 0 Å². The van der Waals surface area contributed by atoms with E-state index in [-0.39, 0.29) is 5.92 Å². The van der Waals surface area contributed by atoms with Gasteiger partial charge in [0.15, 0.2) is 0 Å². The molecule has 1 heterocycles. The summed E-state index contributed by atoms with van der Waals surface area (Å²) >= 11 is 0. The first kappa shape index (κ1) is 19.9. The minimum absolute atomic E-state index is 0.00913. The Morgan fingerprint density at radius 1 is 1.07 bits per heavy atom. The van der Waals surface area contributed by atoms with E-state index in [4.69, 9.17) is 9.47 Å². The summed E-state index contributed by atoms with van der Waals surface area (Å²) < 4.78 is 10.8. The van der Waals surface area contributed by atoms with Gasteiger partial charge in [0.2, 0.25) is 0 Å². The number of nitrogens with zero attached hydrogens (tertiary/aromatic N) is 1. The second kappa shape index (κ2) is 9.36. The highest BCUT2D eigenvalue weighted by Crippen LogP contribution is 2.41. The Bertz CT molecular complexity index is 683. The molecule has 146 valence electrons. The number of hydrogen-bond acceptors (Lipinski definition) is 4. The summed E-state index contributed by atoms with van der Waals surface area (Å²) in [7, 11) is 1.67. The predicted octanol–water partition coefficient (Wildman–Crippen LogP) is 3.80. The zero-order valence-electron chi connectivity index (χ0n) is 16.4. The standard InChI is InChI=1S/C23H31NO3/c1-3-13-23(25,20-9-11-21(26-2)12-10-20)22(19-7-5-4-6-8-19)18-24-14-16-27-17-15-24/h4-12,22,25H,3,13-18H2,1-2H3/t22-,23+/m1/s1. The van der Waals surface area contributed by atoms with E-state index in [1.54, 1.807) is 7.11 Å². The summed E-state index contributed by atoms with van der Waals surface area (Å²) in [5, 5.41) is 12.0. The van der Waals surface area contributed by atoms with Gasteiger partial charge < -0.3 is 14.6 Å². The van der Waals surface area contributed by atoms with Crippen molar-refractivity contribution in [3.05, 3.63) is 65.7 Å². The van der Waals surface area contributed by atoms with Crippen LogP contribution in [0.3, 0.4) is 0 Å². The maximum Gasteiger partial charge on any atom is 0.118 e. The Labute approximate surface area is 162 Å². The van der Waals surface area contributed by atoms with Crippen molar-refractivity contribution in [2.75, 3.05) is 40.0 Å². The maximum atomic E-state index is 12.0. The van der Waals surface area contributed by atoms with Crippen molar-refractivity contribution < 1.29 is 14.6 Å². The first-order valence-electron chi connectivity index (χ1n) is 9.89. The largest absolute Gasteiger partial charge is 0.497 e. The Hall–Kier alpha value is -1.88. The lowest BCUT2D eigenvalue weighted by atomic mass is 9.74. The summed E-state index contributed by atoms with van der Waals surface area (Å²) in [6.45, 7) is 6.29. The highest BCUT2D eigenvalue weighted by Gasteiger charge is 2.39. The average molecular weight is 370 g/mol. The molecule has 27 heavy (non-hydrogen) atoms. The lowest BCUT2D eigenvalue weighted by Gasteiger charge is -2.41. The van der Waals surface area contributed by atoms with Crippen molar-refractivity contribution in [1.29, 1.82) is 0 Å². The molecule has 3 rings (SSSR count). The Morgan fingerprint density at radius 3 is 2.33 bits per heavy atom. The number of rotatable bonds is 8. The monoisotopic (exact) mass is 369 g/mol. The third-order valence-electron chi connectivity index (χ3n) is 5.54. The van der Waals surface area contributed by atoms with E-state index in [1.807, 2.05) is 30.3 Å². The van der Waals surface area contributed by atoms with Crippen LogP contribution in [0.1, 0.15) is 36.8 Å². The minimum Gasteiger partial charge on any atom is -0.497 e. The Morgan fingerprint density at radius 2 is 1.74 bits per heavy atom. The van der Waals surface area contributed by atoms with Gasteiger partial charge in [0.25, 0.3) is 0 Å². The molecule has 1 aliphatic heterocycles. The summed E-state index contributed by atoms with van der Waals surface area (Å²) in [6.07, 6.45) is 1.62. The van der Waals surface area contributed by atoms with E-state index in [2.05, 4.69) is 36.1 Å². The van der Waals surface area contributed by atoms with Gasteiger partial charge in [0, 0.05) is 25.6 Å². The molecule has 0 unspecified atom stereocenters. The van der Waals surface area contributed by atoms with Crippen LogP contribution in [0, 0.1) is 0 Å². The molecule has 2 aromatic carbocycles. The number of methoxy groups -OCH3 is 1. The molecule has 1 N–H and O–H groups in total. The van der Waals surface area contributed by atoms with Gasteiger partial charge in [-0.15, -0.1) is 0 Å². The van der Waals surface area contributed by atoms with Crippen molar-refractivity contribution >= 4 is 0 Å². The molecule has 0 spiro atoms. The van der Waals surface area contributed by atoms with E-state index in [0.717, 1.165) is 50.6 Å². The third kappa shape index (κ3) is 4.70. The summed E-state index contributed by atoms with van der Waals surface area (Å²) in [5.74, 6) is 0.798. The summed E-state index contributed by atoms with van der Waals surface area (Å²) in [4.78, 5) is 2.41. The van der Waals surface area contributed by atoms with Crippen LogP contribution in [0.15, 0.2) is 54.6 Å². The zero-order chi connectivity index (χ0) is 19.1. The highest BCUT2D eigenvalue weighted by molar-refractivity contribution is 5.35. The molecule has 4 nitrogen and oxygen atoms in total. The fourth-order valence-corrected chi connectivity index (χ4v) is 4.04. The SMILES string of the molecule is CCC[C@](O)(c1ccc(OC)cc1)[C@H](CN1CCOCC1)c1ccccc1. The molecular weight excluding hydrogens is 338 g/mol. The van der Waals surface area contributed by atoms with Crippen molar-refractivity contribution in [2.45, 2.75) is 31.3 Å². The van der Waals surface area contributed by atoms with Gasteiger partial charge in [0.05, 0.1) is 25.9 Å². The van der Waals surface area contributed by atoms with Crippen LogP contribution in [-0.2, 0) is 10.3 Å². The lowest BCUT2D eigenvalue weighted by Crippen LogP contribution is -2.45. The van der Waals surface area contributed by atoms with Gasteiger partial charge in [-0.2, -0.15) is 0 Å². The lowest BCUT2D eigenvalue weighted by molar-refractivity contribution is -0.0285. The summed E-state index contributed by atoms with van der Waals surface area (Å²) in [5.41, 5.74) is 1.20. The highest BCUT2D eigenvalue weighted by atomic mass is 16.5. The van der Waals surface area contributed by atoms with E-state index < -0.39 is 5.60 Å². The molecule has 0 radical (unpaired) electrons. The van der Waals surface area contributed by atoms with Crippen LogP contribution in [-0.4, -0.2) is 50.0 Å². The number of benzene rings is 2. The molecule has 1 saturated heterocycles. The van der Waals surface area contributed by atoms with Gasteiger partial charge in [-0.25, -0.2) is 0 Å². The number of hydrogen-bond donors (Lipinski definition) is 1. The van der Waals surface area contributed by atoms with Crippen molar-refractivity contribution in [3.8, 4) is 5.75 Å². The molecule has 1 aliphatic rings. The normalized spacial score (nSPS) is 18.6. The second-order valence-corrected chi connectivity index (χ2v) is 7.28. The Balaban J connectivity index is 1.98. The molecule has 2 aromatic rings. The maximum absolute atomic E-state index is 12.0. The van der Waals surface area contributed by atoms with Crippen molar-refractivity contribution in [2.24, 2.45) is 0 Å². The van der Waals surface area contributed by atoms with Crippen LogP contribution < -0.4 is 4.74 Å². The minimum atomic E-state index is -0.930. The molecule has 0 aliphatic carbocycles. The predicted molar refractivity (Wildman–Crippen MR) is 108 cm³/mol. The van der Waals surface area contributed by atoms with E-state index in [0.29, 0.717) is 6.42 Å². The average Bonchev–Trinajstić information content (AvgIpc) is 2.73. The van der Waals surface area contributed by atoms with Gasteiger partial charge in [-0.05, 0) is 29.7 Å². The van der Waals surface area contributed by atoms with E-state index in [1.165, 1.54) is 5.56 Å². The van der Waals surface area contributed by atoms with Crippen LogP contribution in [0.5, 0.6) is 5.75 Å². The van der Waals surface area contributed by atoms with Crippen LogP contribution in [0.2, 0.25) is 0 Å². The number of aliphatic hydroxyl groups is 1. The molecule has 0 amide bonds. The molecule has 2 atom stereocenters. The first-order valence-corrected chi connectivity index (χ1v) is 9.89. The van der Waals surface area contributed by atoms with Crippen molar-refractivity contribution in [3.63, 3.8) is 0 Å². The molecule has 4 heteroatoms. The van der Waals surface area contributed by atoms with E-state index in [9.17, 15) is 5.11 Å². The van der Waals surface area contributed by atoms with Gasteiger partial charge >= 0.3 is 0 Å². The molecular formula is C23H31NO3. The number of ether oxygens (including phenoxy) is 2. The number of morpholine rings is 1. The smallest absolute Gasteiger partial charge is 0.118 e. The summed E-state index contributed by atoms with van der Waals surface area (Å²) in [6, 6.07) is 18.3. The van der Waals surface area contributed by atoms with Gasteiger partial charge in [-0.1, -0.05) is 55.8 Å². The molecule has 0 aromatic heterocycles. The quantitative estimate of drug-likeness (QED) is 0.769. The van der Waals surface area contributed by atoms with Gasteiger partial charge in [-0.3, -0.25) is 4.90 Å². The van der Waals surface area contributed by atoms with Crippen LogP contribution in [0.4, 0.5) is 0 Å². The fourth-order valence-electron chi connectivity index (χ4n) is 4.04. The van der Waals surface area contributed by atoms with Crippen molar-refractivity contribution in [1.82, 2.24) is 4.90 Å². The van der Waals surface area contributed by atoms with E-state index >= 15 is 0 Å². The molecule has 0 bridgehead atoms. The zero-order valence-corrected chi connectivity index (χ0v) is 16.4. The van der Waals surface area contributed by atoms with Gasteiger partial charge in [0.1, 0.15) is 5.75 Å². The first-order chi connectivity index (χ1) is 13.2.